The molecule has 0 fully saturated rings. The molecule has 0 aromatic heterocycles. The predicted octanol–water partition coefficient (Wildman–Crippen LogP) is 3.26. The summed E-state index contributed by atoms with van der Waals surface area (Å²) in [6.07, 6.45) is 1.37. The van der Waals surface area contributed by atoms with Crippen LogP contribution in [-0.4, -0.2) is 41.7 Å². The van der Waals surface area contributed by atoms with E-state index in [4.69, 9.17) is 9.47 Å². The number of nitrogens with zero attached hydrogens (tertiary/aromatic N) is 1. The van der Waals surface area contributed by atoms with E-state index in [0.717, 1.165) is 14.2 Å². The highest BCUT2D eigenvalue weighted by Crippen LogP contribution is 2.45. The number of benzene rings is 2. The van der Waals surface area contributed by atoms with E-state index in [1.54, 1.807) is 54.6 Å². The molecule has 30 heavy (non-hydrogen) atoms. The van der Waals surface area contributed by atoms with Gasteiger partial charge in [0.05, 0.1) is 25.8 Å². The third-order valence-electron chi connectivity index (χ3n) is 4.96. The van der Waals surface area contributed by atoms with Gasteiger partial charge in [0.25, 0.3) is 0 Å². The van der Waals surface area contributed by atoms with Crippen molar-refractivity contribution in [2.45, 2.75) is 12.0 Å². The molecule has 3 rings (SSSR count). The molecular weight excluding hydrogens is 390 g/mol. The number of hydrogen-bond acceptors (Lipinski definition) is 8. The lowest BCUT2D eigenvalue weighted by molar-refractivity contribution is -0.137. The van der Waals surface area contributed by atoms with Gasteiger partial charge in [-0.2, -0.15) is 0 Å². The molecule has 0 aliphatic heterocycles. The van der Waals surface area contributed by atoms with Gasteiger partial charge in [0, 0.05) is 5.92 Å². The van der Waals surface area contributed by atoms with Crippen LogP contribution in [0.4, 0.5) is 0 Å². The third kappa shape index (κ3) is 3.84. The van der Waals surface area contributed by atoms with Gasteiger partial charge in [-0.15, -0.1) is 0 Å². The van der Waals surface area contributed by atoms with Crippen LogP contribution in [0.5, 0.6) is 0 Å². The Morgan fingerprint density at radius 3 is 2.20 bits per heavy atom. The number of aliphatic hydroxyl groups excluding tert-OH is 1. The molecule has 2 atom stereocenters. The smallest absolute Gasteiger partial charge is 0.341 e. The van der Waals surface area contributed by atoms with Gasteiger partial charge in [0.2, 0.25) is 0 Å². The number of rotatable bonds is 5. The Labute approximate surface area is 172 Å². The Morgan fingerprint density at radius 2 is 1.60 bits per heavy atom. The number of hydrogen-bond donors (Lipinski definition) is 2. The van der Waals surface area contributed by atoms with E-state index >= 15 is 0 Å². The Hall–Kier alpha value is -3.46. The quantitative estimate of drug-likeness (QED) is 0.569. The Balaban J connectivity index is 2.37. The van der Waals surface area contributed by atoms with Crippen LogP contribution in [0.25, 0.3) is 6.08 Å². The van der Waals surface area contributed by atoms with Gasteiger partial charge >= 0.3 is 11.9 Å². The lowest BCUT2D eigenvalue weighted by atomic mass is 9.80. The van der Waals surface area contributed by atoms with Crippen LogP contribution in [0.15, 0.2) is 71.5 Å². The normalized spacial score (nSPS) is 17.0. The number of hydroxylamine groups is 2. The highest BCUT2D eigenvalue weighted by Gasteiger charge is 2.40. The summed E-state index contributed by atoms with van der Waals surface area (Å²) >= 11 is 0. The Morgan fingerprint density at radius 1 is 1.00 bits per heavy atom. The molecule has 2 aromatic carbocycles. The second-order valence-corrected chi connectivity index (χ2v) is 6.57. The fourth-order valence-electron chi connectivity index (χ4n) is 3.62. The van der Waals surface area contributed by atoms with Crippen LogP contribution in [0.3, 0.4) is 0 Å². The zero-order valence-corrected chi connectivity index (χ0v) is 16.3. The summed E-state index contributed by atoms with van der Waals surface area (Å²) in [5.74, 6) is -3.66. The van der Waals surface area contributed by atoms with Gasteiger partial charge < -0.3 is 25.0 Å². The van der Waals surface area contributed by atoms with Crippen molar-refractivity contribution in [1.82, 2.24) is 5.23 Å². The van der Waals surface area contributed by atoms with Crippen molar-refractivity contribution in [1.29, 1.82) is 0 Å². The fraction of sp³-hybridized carbons (Fsp3) is 0.182. The van der Waals surface area contributed by atoms with Crippen molar-refractivity contribution in [3.63, 3.8) is 0 Å². The first kappa shape index (κ1) is 21.3. The first-order valence-corrected chi connectivity index (χ1v) is 9.01. The lowest BCUT2D eigenvalue weighted by Crippen LogP contribution is -2.30. The van der Waals surface area contributed by atoms with Crippen LogP contribution >= 0.6 is 0 Å². The zero-order valence-electron chi connectivity index (χ0n) is 16.3. The van der Waals surface area contributed by atoms with E-state index in [1.807, 2.05) is 0 Å². The second-order valence-electron chi connectivity index (χ2n) is 6.57. The number of esters is 2. The molecule has 0 radical (unpaired) electrons. The molecule has 2 aromatic rings. The monoisotopic (exact) mass is 410 g/mol. The Bertz CT molecular complexity index is 1010. The molecule has 0 unspecified atom stereocenters. The molecular formula is C22H20NO7-. The van der Waals surface area contributed by atoms with E-state index in [0.29, 0.717) is 16.7 Å². The average Bonchev–Trinajstić information content (AvgIpc) is 2.88. The standard InChI is InChI=1S/C22H20NO7/c1-29-21(25)16-12-14-10-6-7-11-15(14)17(18(20(16)24)22(26)30-2)19(23(27)28)13-8-4-3-5-9-13/h3-12,17,19,24,27H,1-2H3/q-1/t17-,19+/m0/s1. The molecule has 0 heterocycles. The summed E-state index contributed by atoms with van der Waals surface area (Å²) in [5, 5.41) is 33.0. The highest BCUT2D eigenvalue weighted by atomic mass is 16.8. The summed E-state index contributed by atoms with van der Waals surface area (Å²) in [4.78, 5) is 25.1. The maximum Gasteiger partial charge on any atom is 0.341 e. The number of carbonyl (C=O) groups is 2. The number of fused-ring (bicyclic) bond motifs is 1. The van der Waals surface area contributed by atoms with Crippen LogP contribution in [-0.2, 0) is 19.1 Å². The largest absolute Gasteiger partial charge is 0.762 e. The number of methoxy groups -OCH3 is 2. The second kappa shape index (κ2) is 8.91. The lowest BCUT2D eigenvalue weighted by Gasteiger charge is -2.38. The van der Waals surface area contributed by atoms with Crippen molar-refractivity contribution in [3.05, 3.63) is 93.4 Å². The van der Waals surface area contributed by atoms with Crippen molar-refractivity contribution < 1.29 is 29.4 Å². The zero-order chi connectivity index (χ0) is 21.8. The Kier molecular flexibility index (Phi) is 6.31. The molecule has 8 nitrogen and oxygen atoms in total. The fourth-order valence-corrected chi connectivity index (χ4v) is 3.62. The first-order chi connectivity index (χ1) is 14.4. The van der Waals surface area contributed by atoms with Crippen molar-refractivity contribution in [2.75, 3.05) is 14.2 Å². The van der Waals surface area contributed by atoms with E-state index in [1.165, 1.54) is 6.08 Å². The first-order valence-electron chi connectivity index (χ1n) is 9.01. The van der Waals surface area contributed by atoms with Crippen molar-refractivity contribution in [2.24, 2.45) is 0 Å². The van der Waals surface area contributed by atoms with E-state index in [9.17, 15) is 25.1 Å². The average molecular weight is 410 g/mol. The van der Waals surface area contributed by atoms with Crippen LogP contribution in [0.1, 0.15) is 28.7 Å². The van der Waals surface area contributed by atoms with Crippen LogP contribution < -0.4 is 0 Å². The third-order valence-corrected chi connectivity index (χ3v) is 4.96. The molecule has 156 valence electrons. The summed E-state index contributed by atoms with van der Waals surface area (Å²) in [7, 11) is 2.26. The summed E-state index contributed by atoms with van der Waals surface area (Å²) in [5.41, 5.74) is 0.687. The minimum absolute atomic E-state index is 0.268. The van der Waals surface area contributed by atoms with Crippen LogP contribution in [0.2, 0.25) is 0 Å². The van der Waals surface area contributed by atoms with Gasteiger partial charge in [-0.3, -0.25) is 5.23 Å². The van der Waals surface area contributed by atoms with Gasteiger partial charge in [-0.05, 0) is 22.8 Å². The maximum atomic E-state index is 12.7. The van der Waals surface area contributed by atoms with E-state index < -0.39 is 29.7 Å². The van der Waals surface area contributed by atoms with E-state index in [-0.39, 0.29) is 16.4 Å². The van der Waals surface area contributed by atoms with Gasteiger partial charge in [-0.1, -0.05) is 54.6 Å². The topological polar surface area (TPSA) is 119 Å². The van der Waals surface area contributed by atoms with Gasteiger partial charge in [-0.25, -0.2) is 9.59 Å². The summed E-state index contributed by atoms with van der Waals surface area (Å²) in [6, 6.07) is 13.7. The number of aliphatic hydroxyl groups is 1. The number of carbonyl (C=O) groups excluding carboxylic acids is 2. The van der Waals surface area contributed by atoms with Crippen LogP contribution in [0, 0.1) is 5.21 Å². The molecule has 1 aliphatic carbocycles. The number of ether oxygens (including phenoxy) is 2. The summed E-state index contributed by atoms with van der Waals surface area (Å²) in [6.45, 7) is 0. The molecule has 8 heteroatoms. The minimum Gasteiger partial charge on any atom is -0.762 e. The summed E-state index contributed by atoms with van der Waals surface area (Å²) < 4.78 is 9.60. The highest BCUT2D eigenvalue weighted by molar-refractivity contribution is 6.03. The predicted molar refractivity (Wildman–Crippen MR) is 107 cm³/mol. The SMILES string of the molecule is COC(=O)C1=Cc2ccccc2[C@H]([C@@H](c2ccccc2)N([O-])O)C(C(=O)OC)=C1O. The van der Waals surface area contributed by atoms with Crippen molar-refractivity contribution in [3.8, 4) is 0 Å². The maximum absolute atomic E-state index is 12.7. The van der Waals surface area contributed by atoms with Gasteiger partial charge in [0.1, 0.15) is 11.3 Å². The minimum atomic E-state index is -1.31. The molecule has 0 bridgehead atoms. The molecule has 1 aliphatic rings. The molecule has 0 spiro atoms. The molecule has 0 saturated heterocycles. The van der Waals surface area contributed by atoms with Gasteiger partial charge in [0.15, 0.2) is 0 Å². The molecule has 2 N–H and O–H groups in total. The molecule has 0 saturated carbocycles. The molecule has 0 amide bonds. The van der Waals surface area contributed by atoms with Crippen molar-refractivity contribution >= 4 is 18.0 Å². The van der Waals surface area contributed by atoms with E-state index in [2.05, 4.69) is 0 Å².